The van der Waals surface area contributed by atoms with E-state index < -0.39 is 7.32 Å². The van der Waals surface area contributed by atoms with E-state index in [1.807, 2.05) is 0 Å². The van der Waals surface area contributed by atoms with E-state index in [-0.39, 0.29) is 0 Å². The highest BCUT2D eigenvalue weighted by Gasteiger charge is 1.95. The fourth-order valence-electron chi connectivity index (χ4n) is 1.33. The number of hydrogen-bond donors (Lipinski definition) is 3. The molecule has 0 spiro atoms. The van der Waals surface area contributed by atoms with Crippen molar-refractivity contribution in [3.8, 4) is 0 Å². The Morgan fingerprint density at radius 2 is 1.00 bits per heavy atom. The monoisotopic (exact) mass is 206 g/mol. The molecule has 0 aromatic heterocycles. The molecule has 0 aliphatic carbocycles. The van der Waals surface area contributed by atoms with Gasteiger partial charge in [0.05, 0.1) is 0 Å². The molecule has 1 aliphatic rings. The SMILES string of the molecule is C1CCCCPCCC1.OB(O)O. The molecule has 0 radical (unpaired) electrons. The Labute approximate surface area is 82.5 Å². The molecule has 0 saturated carbocycles. The van der Waals surface area contributed by atoms with Crippen molar-refractivity contribution in [1.82, 2.24) is 0 Å². The summed E-state index contributed by atoms with van der Waals surface area (Å²) in [6.07, 6.45) is 12.1. The summed E-state index contributed by atoms with van der Waals surface area (Å²) in [5.41, 5.74) is 0. The van der Waals surface area contributed by atoms with Crippen molar-refractivity contribution < 1.29 is 15.1 Å². The second kappa shape index (κ2) is 10.5. The van der Waals surface area contributed by atoms with Crippen LogP contribution in [-0.4, -0.2) is 34.7 Å². The summed E-state index contributed by atoms with van der Waals surface area (Å²) >= 11 is 0. The molecule has 1 rings (SSSR count). The van der Waals surface area contributed by atoms with Crippen LogP contribution in [0.25, 0.3) is 0 Å². The summed E-state index contributed by atoms with van der Waals surface area (Å²) in [5.74, 6) is 0. The molecule has 1 heterocycles. The maximum Gasteiger partial charge on any atom is 0.631 e. The van der Waals surface area contributed by atoms with Crippen LogP contribution < -0.4 is 0 Å². The van der Waals surface area contributed by atoms with E-state index in [0.29, 0.717) is 0 Å². The zero-order chi connectivity index (χ0) is 9.94. The van der Waals surface area contributed by atoms with Crippen molar-refractivity contribution in [2.75, 3.05) is 12.3 Å². The van der Waals surface area contributed by atoms with Crippen molar-refractivity contribution in [2.24, 2.45) is 0 Å². The summed E-state index contributed by atoms with van der Waals surface area (Å²) in [6, 6.07) is 0. The Balaban J connectivity index is 0.000000310. The van der Waals surface area contributed by atoms with Crippen molar-refractivity contribution in [2.45, 2.75) is 38.5 Å². The zero-order valence-corrected chi connectivity index (χ0v) is 9.08. The molecular formula is C8H20BO3P. The Morgan fingerprint density at radius 1 is 0.692 bits per heavy atom. The van der Waals surface area contributed by atoms with Gasteiger partial charge in [-0.3, -0.25) is 0 Å². The van der Waals surface area contributed by atoms with Gasteiger partial charge in [-0.15, -0.1) is 8.58 Å². The van der Waals surface area contributed by atoms with Crippen molar-refractivity contribution in [1.29, 1.82) is 0 Å². The Bertz CT molecular complexity index is 72.1. The molecule has 3 nitrogen and oxygen atoms in total. The largest absolute Gasteiger partial charge is 0.631 e. The van der Waals surface area contributed by atoms with Crippen LogP contribution in [0.1, 0.15) is 38.5 Å². The minimum absolute atomic E-state index is 1.29. The van der Waals surface area contributed by atoms with E-state index >= 15 is 0 Å². The van der Waals surface area contributed by atoms with Crippen LogP contribution in [0.3, 0.4) is 0 Å². The smallest absolute Gasteiger partial charge is 0.402 e. The van der Waals surface area contributed by atoms with E-state index in [2.05, 4.69) is 0 Å². The van der Waals surface area contributed by atoms with Gasteiger partial charge >= 0.3 is 7.32 Å². The van der Waals surface area contributed by atoms with Crippen molar-refractivity contribution in [3.63, 3.8) is 0 Å². The first-order valence-electron chi connectivity index (χ1n) is 4.98. The van der Waals surface area contributed by atoms with Gasteiger partial charge in [-0.25, -0.2) is 0 Å². The maximum atomic E-state index is 7.17. The first-order chi connectivity index (χ1) is 6.23. The first-order valence-corrected chi connectivity index (χ1v) is 6.40. The number of rotatable bonds is 0. The van der Waals surface area contributed by atoms with E-state index in [4.69, 9.17) is 15.1 Å². The predicted octanol–water partition coefficient (Wildman–Crippen LogP) is 0.967. The third-order valence-electron chi connectivity index (χ3n) is 1.96. The van der Waals surface area contributed by atoms with Crippen molar-refractivity contribution >= 4 is 15.9 Å². The van der Waals surface area contributed by atoms with Gasteiger partial charge in [0.1, 0.15) is 0 Å². The standard InChI is InChI=1S/C8H17P.BH3O3/c1-2-4-6-8-9-7-5-3-1;2-1(3)4/h9H,1-8H2;2-4H. The Kier molecular flexibility index (Phi) is 10.8. The van der Waals surface area contributed by atoms with Crippen molar-refractivity contribution in [3.05, 3.63) is 0 Å². The predicted molar refractivity (Wildman–Crippen MR) is 58.2 cm³/mol. The summed E-state index contributed by atoms with van der Waals surface area (Å²) in [6.45, 7) is 0. The molecule has 5 heteroatoms. The van der Waals surface area contributed by atoms with E-state index in [0.717, 1.165) is 0 Å². The second-order valence-corrected chi connectivity index (χ2v) is 4.72. The maximum absolute atomic E-state index is 7.17. The van der Waals surface area contributed by atoms with Gasteiger partial charge in [0.2, 0.25) is 0 Å². The van der Waals surface area contributed by atoms with Crippen LogP contribution in [0.4, 0.5) is 0 Å². The van der Waals surface area contributed by atoms with E-state index in [1.54, 1.807) is 0 Å². The average molecular weight is 206 g/mol. The topological polar surface area (TPSA) is 60.7 Å². The average Bonchev–Trinajstić information content (AvgIpc) is 2.16. The lowest BCUT2D eigenvalue weighted by Gasteiger charge is -1.94. The molecule has 0 atom stereocenters. The zero-order valence-electron chi connectivity index (χ0n) is 8.08. The summed E-state index contributed by atoms with van der Waals surface area (Å²) in [5, 5.41) is 21.5. The van der Waals surface area contributed by atoms with Gasteiger partial charge in [-0.05, 0) is 25.2 Å². The summed E-state index contributed by atoms with van der Waals surface area (Å²) in [4.78, 5) is 0. The van der Waals surface area contributed by atoms with Crippen LogP contribution in [0, 0.1) is 0 Å². The first kappa shape index (κ1) is 13.4. The molecule has 1 aliphatic heterocycles. The van der Waals surface area contributed by atoms with Crippen LogP contribution in [0.2, 0.25) is 0 Å². The minimum Gasteiger partial charge on any atom is -0.402 e. The Hall–Kier alpha value is 0.375. The van der Waals surface area contributed by atoms with Gasteiger partial charge in [0.15, 0.2) is 0 Å². The fourth-order valence-corrected chi connectivity index (χ4v) is 2.58. The van der Waals surface area contributed by atoms with Crippen LogP contribution in [0.15, 0.2) is 0 Å². The molecule has 0 amide bonds. The second-order valence-electron chi connectivity index (χ2n) is 3.22. The van der Waals surface area contributed by atoms with Gasteiger partial charge in [-0.1, -0.05) is 25.7 Å². The highest BCUT2D eigenvalue weighted by molar-refractivity contribution is 7.37. The normalized spacial score (nSPS) is 18.7. The molecule has 0 aromatic carbocycles. The molecule has 0 aromatic rings. The molecular weight excluding hydrogens is 186 g/mol. The molecule has 0 unspecified atom stereocenters. The van der Waals surface area contributed by atoms with E-state index in [1.165, 1.54) is 59.4 Å². The molecule has 78 valence electrons. The third kappa shape index (κ3) is 15.2. The van der Waals surface area contributed by atoms with E-state index in [9.17, 15) is 0 Å². The van der Waals surface area contributed by atoms with Crippen LogP contribution >= 0.6 is 8.58 Å². The van der Waals surface area contributed by atoms with Gasteiger partial charge < -0.3 is 15.1 Å². The van der Waals surface area contributed by atoms with Gasteiger partial charge in [0.25, 0.3) is 0 Å². The summed E-state index contributed by atoms with van der Waals surface area (Å²) < 4.78 is 0. The van der Waals surface area contributed by atoms with Gasteiger partial charge in [-0.2, -0.15) is 0 Å². The lowest BCUT2D eigenvalue weighted by Crippen LogP contribution is -2.07. The Morgan fingerprint density at radius 3 is 1.38 bits per heavy atom. The van der Waals surface area contributed by atoms with Crippen LogP contribution in [-0.2, 0) is 0 Å². The lowest BCUT2D eigenvalue weighted by atomic mass is 10.1. The minimum atomic E-state index is -2.17. The molecule has 0 bridgehead atoms. The third-order valence-corrected chi connectivity index (χ3v) is 3.37. The quantitative estimate of drug-likeness (QED) is 0.408. The summed E-state index contributed by atoms with van der Waals surface area (Å²) in [7, 11) is -0.881. The lowest BCUT2D eigenvalue weighted by molar-refractivity contribution is 0.278. The highest BCUT2D eigenvalue weighted by Crippen LogP contribution is 2.20. The molecule has 13 heavy (non-hydrogen) atoms. The van der Waals surface area contributed by atoms with Gasteiger partial charge in [0, 0.05) is 0 Å². The highest BCUT2D eigenvalue weighted by atomic mass is 31.1. The molecule has 3 N–H and O–H groups in total. The molecule has 1 saturated heterocycles. The number of hydrogen-bond acceptors (Lipinski definition) is 3. The fraction of sp³-hybridized carbons (Fsp3) is 1.00. The van der Waals surface area contributed by atoms with Crippen LogP contribution in [0.5, 0.6) is 0 Å². The molecule has 1 fully saturated rings.